The normalized spacial score (nSPS) is 12.7. The molecule has 0 radical (unpaired) electrons. The Morgan fingerprint density at radius 1 is 0.333 bits per heavy atom. The van der Waals surface area contributed by atoms with Gasteiger partial charge in [-0.2, -0.15) is 0 Å². The van der Waals surface area contributed by atoms with E-state index in [9.17, 15) is 0 Å². The number of rotatable bonds is 7. The van der Waals surface area contributed by atoms with Crippen LogP contribution in [0.5, 0.6) is 0 Å². The summed E-state index contributed by atoms with van der Waals surface area (Å²) in [5, 5.41) is 4.73. The van der Waals surface area contributed by atoms with Crippen molar-refractivity contribution < 1.29 is 4.42 Å². The van der Waals surface area contributed by atoms with E-state index in [-0.39, 0.29) is 5.41 Å². The number of fused-ring (bicyclic) bond motifs is 7. The largest absolute Gasteiger partial charge is 0.456 e. The Balaban J connectivity index is 0.907. The number of hydrogen-bond acceptors (Lipinski definition) is 2. The fourth-order valence-corrected chi connectivity index (χ4v) is 10.1. The molecule has 0 bridgehead atoms. The van der Waals surface area contributed by atoms with Crippen LogP contribution in [0.25, 0.3) is 88.3 Å². The molecule has 2 heteroatoms. The summed E-state index contributed by atoms with van der Waals surface area (Å²) in [6.07, 6.45) is 0. The van der Waals surface area contributed by atoms with Gasteiger partial charge in [0.05, 0.1) is 0 Å². The molecule has 0 N–H and O–H groups in total. The van der Waals surface area contributed by atoms with E-state index in [1.807, 2.05) is 12.1 Å². The molecule has 0 fully saturated rings. The van der Waals surface area contributed by atoms with Crippen LogP contribution in [0.1, 0.15) is 25.0 Å². The molecule has 12 rings (SSSR count). The molecular weight excluding hydrogens is 763 g/mol. The van der Waals surface area contributed by atoms with Gasteiger partial charge in [0.2, 0.25) is 0 Å². The summed E-state index contributed by atoms with van der Waals surface area (Å²) in [4.78, 5) is 2.36. The van der Waals surface area contributed by atoms with Gasteiger partial charge in [-0.25, -0.2) is 0 Å². The van der Waals surface area contributed by atoms with Crippen LogP contribution in [-0.4, -0.2) is 0 Å². The highest BCUT2D eigenvalue weighted by Crippen LogP contribution is 2.52. The standard InChI is InChI=1S/C61H43NO/c1-61(2)57-22-7-5-18-53(57)55-21-11-20-52(60(55)61)42-28-32-50(33-29-42)62(51-34-35-59-56(39-51)54-19-6-8-23-58(54)63-59)49-30-26-41(27-31-49)44-14-9-15-45(36-44)46-16-10-17-47(38-46)48-25-24-40-12-3-4-13-43(40)37-48/h3-39H,1-2H3. The van der Waals surface area contributed by atoms with Crippen LogP contribution in [0.2, 0.25) is 0 Å². The Morgan fingerprint density at radius 3 is 1.60 bits per heavy atom. The number of hydrogen-bond donors (Lipinski definition) is 0. The topological polar surface area (TPSA) is 16.4 Å². The molecule has 1 aliphatic rings. The fraction of sp³-hybridized carbons (Fsp3) is 0.0492. The van der Waals surface area contributed by atoms with Crippen LogP contribution >= 0.6 is 0 Å². The molecule has 1 heterocycles. The Labute approximate surface area is 368 Å². The lowest BCUT2D eigenvalue weighted by atomic mass is 9.79. The van der Waals surface area contributed by atoms with Crippen molar-refractivity contribution in [2.45, 2.75) is 19.3 Å². The van der Waals surface area contributed by atoms with Crippen LogP contribution in [0, 0.1) is 0 Å². The van der Waals surface area contributed by atoms with Crippen molar-refractivity contribution in [3.8, 4) is 55.6 Å². The fourth-order valence-electron chi connectivity index (χ4n) is 10.1. The van der Waals surface area contributed by atoms with Gasteiger partial charge in [0.1, 0.15) is 11.2 Å². The molecule has 0 unspecified atom stereocenters. The zero-order valence-corrected chi connectivity index (χ0v) is 35.2. The second-order valence-electron chi connectivity index (χ2n) is 17.3. The molecule has 1 aliphatic carbocycles. The number of furan rings is 1. The number of anilines is 3. The first-order valence-corrected chi connectivity index (χ1v) is 21.8. The third-order valence-electron chi connectivity index (χ3n) is 13.2. The van der Waals surface area contributed by atoms with E-state index in [4.69, 9.17) is 4.42 Å². The van der Waals surface area contributed by atoms with Crippen molar-refractivity contribution in [3.63, 3.8) is 0 Å². The number of benzene rings is 10. The second-order valence-corrected chi connectivity index (χ2v) is 17.3. The molecule has 2 nitrogen and oxygen atoms in total. The van der Waals surface area contributed by atoms with Gasteiger partial charge < -0.3 is 9.32 Å². The lowest BCUT2D eigenvalue weighted by molar-refractivity contribution is 0.662. The van der Waals surface area contributed by atoms with Crippen LogP contribution in [0.15, 0.2) is 229 Å². The maximum Gasteiger partial charge on any atom is 0.135 e. The Hall–Kier alpha value is -7.94. The predicted octanol–water partition coefficient (Wildman–Crippen LogP) is 17.2. The van der Waals surface area contributed by atoms with Gasteiger partial charge in [-0.3, -0.25) is 0 Å². The van der Waals surface area contributed by atoms with E-state index in [0.717, 1.165) is 39.0 Å². The summed E-state index contributed by atoms with van der Waals surface area (Å²) in [6.45, 7) is 4.72. The van der Waals surface area contributed by atoms with Crippen LogP contribution in [0.4, 0.5) is 17.1 Å². The maximum atomic E-state index is 6.27. The Bertz CT molecular complexity index is 3540. The molecular formula is C61H43NO. The summed E-state index contributed by atoms with van der Waals surface area (Å²) in [6, 6.07) is 81.6. The molecule has 298 valence electrons. The molecule has 0 saturated carbocycles. The molecule has 11 aromatic rings. The van der Waals surface area contributed by atoms with Crippen molar-refractivity contribution in [1.29, 1.82) is 0 Å². The lowest BCUT2D eigenvalue weighted by Crippen LogP contribution is -2.16. The van der Waals surface area contributed by atoms with E-state index in [1.54, 1.807) is 0 Å². The highest BCUT2D eigenvalue weighted by molar-refractivity contribution is 6.06. The van der Waals surface area contributed by atoms with Crippen LogP contribution in [0.3, 0.4) is 0 Å². The van der Waals surface area contributed by atoms with Gasteiger partial charge in [0, 0.05) is 33.2 Å². The minimum Gasteiger partial charge on any atom is -0.456 e. The van der Waals surface area contributed by atoms with Gasteiger partial charge in [0.15, 0.2) is 0 Å². The molecule has 0 spiro atoms. The number of para-hydroxylation sites is 1. The molecule has 0 amide bonds. The molecule has 63 heavy (non-hydrogen) atoms. The quantitative estimate of drug-likeness (QED) is 0.160. The molecule has 1 aromatic heterocycles. The van der Waals surface area contributed by atoms with E-state index in [1.165, 1.54) is 77.5 Å². The molecule has 10 aromatic carbocycles. The highest BCUT2D eigenvalue weighted by atomic mass is 16.3. The lowest BCUT2D eigenvalue weighted by Gasteiger charge is -2.27. The average Bonchev–Trinajstić information content (AvgIpc) is 3.83. The predicted molar refractivity (Wildman–Crippen MR) is 265 cm³/mol. The third-order valence-corrected chi connectivity index (χ3v) is 13.2. The van der Waals surface area contributed by atoms with Crippen molar-refractivity contribution in [2.24, 2.45) is 0 Å². The highest BCUT2D eigenvalue weighted by Gasteiger charge is 2.37. The van der Waals surface area contributed by atoms with E-state index >= 15 is 0 Å². The van der Waals surface area contributed by atoms with E-state index < -0.39 is 0 Å². The van der Waals surface area contributed by atoms with Gasteiger partial charge in [-0.15, -0.1) is 0 Å². The Kier molecular flexibility index (Phi) is 8.55. The van der Waals surface area contributed by atoms with Crippen molar-refractivity contribution >= 4 is 49.8 Å². The SMILES string of the molecule is CC1(C)c2ccccc2-c2cccc(-c3ccc(N(c4ccc(-c5cccc(-c6cccc(-c7ccc8ccccc8c7)c6)c5)cc4)c4ccc5oc6ccccc6c5c4)cc3)c21. The Morgan fingerprint density at radius 2 is 0.857 bits per heavy atom. The zero-order valence-electron chi connectivity index (χ0n) is 35.2. The maximum absolute atomic E-state index is 6.27. The van der Waals surface area contributed by atoms with Crippen LogP contribution in [-0.2, 0) is 5.41 Å². The molecule has 0 aliphatic heterocycles. The first-order chi connectivity index (χ1) is 31.0. The minimum absolute atomic E-state index is 0.0980. The summed E-state index contributed by atoms with van der Waals surface area (Å²) in [5.41, 5.74) is 20.0. The van der Waals surface area contributed by atoms with Gasteiger partial charge >= 0.3 is 0 Å². The van der Waals surface area contributed by atoms with Crippen molar-refractivity contribution in [1.82, 2.24) is 0 Å². The summed E-state index contributed by atoms with van der Waals surface area (Å²) >= 11 is 0. The average molecular weight is 806 g/mol. The first kappa shape index (κ1) is 36.9. The second kappa shape index (κ2) is 14.6. The third kappa shape index (κ3) is 6.25. The van der Waals surface area contributed by atoms with E-state index in [2.05, 4.69) is 231 Å². The molecule has 0 atom stereocenters. The first-order valence-electron chi connectivity index (χ1n) is 21.8. The van der Waals surface area contributed by atoms with Gasteiger partial charge in [-0.05, 0) is 144 Å². The smallest absolute Gasteiger partial charge is 0.135 e. The minimum atomic E-state index is -0.0980. The summed E-state index contributed by atoms with van der Waals surface area (Å²) in [5.74, 6) is 0. The van der Waals surface area contributed by atoms with Crippen molar-refractivity contribution in [2.75, 3.05) is 4.90 Å². The zero-order chi connectivity index (χ0) is 42.1. The van der Waals surface area contributed by atoms with Crippen molar-refractivity contribution in [3.05, 3.63) is 236 Å². The van der Waals surface area contributed by atoms with E-state index in [0.29, 0.717) is 0 Å². The van der Waals surface area contributed by atoms with Crippen LogP contribution < -0.4 is 4.90 Å². The monoisotopic (exact) mass is 805 g/mol. The summed E-state index contributed by atoms with van der Waals surface area (Å²) in [7, 11) is 0. The molecule has 0 saturated heterocycles. The van der Waals surface area contributed by atoms with Gasteiger partial charge in [0.25, 0.3) is 0 Å². The van der Waals surface area contributed by atoms with Gasteiger partial charge in [-0.1, -0.05) is 172 Å². The summed E-state index contributed by atoms with van der Waals surface area (Å²) < 4.78 is 6.27. The number of nitrogens with zero attached hydrogens (tertiary/aromatic N) is 1.